The van der Waals surface area contributed by atoms with Crippen LogP contribution < -0.4 is 5.32 Å². The van der Waals surface area contributed by atoms with Gasteiger partial charge >= 0.3 is 6.18 Å². The van der Waals surface area contributed by atoms with E-state index in [9.17, 15) is 22.4 Å². The Bertz CT molecular complexity index is 1190. The number of amides is 1. The highest BCUT2D eigenvalue weighted by molar-refractivity contribution is 6.42. The molecule has 1 amide bonds. The van der Waals surface area contributed by atoms with Crippen LogP contribution >= 0.6 is 23.2 Å². The molecule has 2 aliphatic heterocycles. The number of halogens is 6. The molecule has 2 aromatic carbocycles. The average molecular weight is 618 g/mol. The SMILES string of the molecule is CN1CCC(NCCCCC(=O)N2CC(c3ccc(Cl)c(Cl)c3)C(N(C)Cc3ccc(C(F)(F)F)c(F)c3)C2)CC1. The zero-order valence-corrected chi connectivity index (χ0v) is 25.0. The van der Waals surface area contributed by atoms with E-state index in [2.05, 4.69) is 17.3 Å². The first-order chi connectivity index (χ1) is 19.4. The second-order valence-corrected chi connectivity index (χ2v) is 12.2. The zero-order chi connectivity index (χ0) is 29.7. The summed E-state index contributed by atoms with van der Waals surface area (Å²) >= 11 is 12.5. The normalized spacial score (nSPS) is 20.8. The molecule has 2 atom stereocenters. The number of hydrogen-bond acceptors (Lipinski definition) is 4. The molecular formula is C30H38Cl2F4N4O. The number of nitrogens with zero attached hydrogens (tertiary/aromatic N) is 3. The van der Waals surface area contributed by atoms with Crippen molar-refractivity contribution in [3.05, 3.63) is 69.0 Å². The van der Waals surface area contributed by atoms with E-state index in [-0.39, 0.29) is 24.4 Å². The lowest BCUT2D eigenvalue weighted by atomic mass is 9.93. The quantitative estimate of drug-likeness (QED) is 0.247. The lowest BCUT2D eigenvalue weighted by Gasteiger charge is -2.29. The van der Waals surface area contributed by atoms with Crippen molar-refractivity contribution in [1.29, 1.82) is 0 Å². The average Bonchev–Trinajstić information content (AvgIpc) is 3.36. The van der Waals surface area contributed by atoms with Crippen LogP contribution in [-0.4, -0.2) is 79.5 Å². The predicted octanol–water partition coefficient (Wildman–Crippen LogP) is 6.43. The van der Waals surface area contributed by atoms with E-state index >= 15 is 0 Å². The van der Waals surface area contributed by atoms with Gasteiger partial charge in [-0.25, -0.2) is 4.39 Å². The van der Waals surface area contributed by atoms with Crippen LogP contribution in [0, 0.1) is 5.82 Å². The van der Waals surface area contributed by atoms with Crippen molar-refractivity contribution in [1.82, 2.24) is 20.0 Å². The fraction of sp³-hybridized carbons (Fsp3) is 0.567. The van der Waals surface area contributed by atoms with Crippen molar-refractivity contribution in [2.45, 2.75) is 62.8 Å². The number of hydrogen-bond donors (Lipinski definition) is 1. The monoisotopic (exact) mass is 616 g/mol. The standard InChI is InChI=1S/C30H38Cl2F4N4O/c1-38-13-10-22(11-14-38)37-12-4-3-5-29(41)40-18-23(21-7-9-25(31)26(32)16-21)28(19-40)39(2)17-20-6-8-24(27(33)15-20)30(34,35)36/h6-9,15-16,22-23,28,37H,3-5,10-14,17-19H2,1-2H3. The van der Waals surface area contributed by atoms with Crippen molar-refractivity contribution in [3.8, 4) is 0 Å². The van der Waals surface area contributed by atoms with Gasteiger partial charge in [0.25, 0.3) is 0 Å². The van der Waals surface area contributed by atoms with Gasteiger partial charge in [-0.15, -0.1) is 0 Å². The maximum absolute atomic E-state index is 14.2. The molecule has 2 unspecified atom stereocenters. The molecule has 2 aliphatic rings. The minimum absolute atomic E-state index is 0.0748. The van der Waals surface area contributed by atoms with Gasteiger partial charge in [0.1, 0.15) is 5.82 Å². The van der Waals surface area contributed by atoms with Crippen LogP contribution in [-0.2, 0) is 17.5 Å². The second-order valence-electron chi connectivity index (χ2n) is 11.4. The Morgan fingerprint density at radius 3 is 2.44 bits per heavy atom. The molecule has 2 heterocycles. The van der Waals surface area contributed by atoms with Crippen LogP contribution in [0.5, 0.6) is 0 Å². The van der Waals surface area contributed by atoms with Crippen molar-refractivity contribution in [3.63, 3.8) is 0 Å². The van der Waals surface area contributed by atoms with E-state index in [0.717, 1.165) is 63.0 Å². The number of unbranched alkanes of at least 4 members (excludes halogenated alkanes) is 1. The third kappa shape index (κ3) is 8.57. The van der Waals surface area contributed by atoms with E-state index in [1.807, 2.05) is 22.9 Å². The topological polar surface area (TPSA) is 38.8 Å². The Hall–Kier alpha value is -1.91. The molecule has 2 fully saturated rings. The molecule has 2 aromatic rings. The lowest BCUT2D eigenvalue weighted by Crippen LogP contribution is -2.41. The number of rotatable bonds is 10. The zero-order valence-electron chi connectivity index (χ0n) is 23.5. The number of nitrogens with one attached hydrogen (secondary N) is 1. The third-order valence-corrected chi connectivity index (χ3v) is 9.06. The van der Waals surface area contributed by atoms with Gasteiger partial charge in [-0.05, 0) is 94.8 Å². The van der Waals surface area contributed by atoms with Crippen LogP contribution in [0.3, 0.4) is 0 Å². The van der Waals surface area contributed by atoms with Gasteiger partial charge in [0.05, 0.1) is 15.6 Å². The highest BCUT2D eigenvalue weighted by atomic mass is 35.5. The summed E-state index contributed by atoms with van der Waals surface area (Å²) in [6.45, 7) is 4.27. The number of benzene rings is 2. The van der Waals surface area contributed by atoms with Crippen molar-refractivity contribution in [2.24, 2.45) is 0 Å². The minimum atomic E-state index is -4.75. The first-order valence-electron chi connectivity index (χ1n) is 14.1. The summed E-state index contributed by atoms with van der Waals surface area (Å²) in [5.74, 6) is -1.31. The molecule has 0 aromatic heterocycles. The first kappa shape index (κ1) is 32.0. The molecule has 41 heavy (non-hydrogen) atoms. The summed E-state index contributed by atoms with van der Waals surface area (Å²) in [7, 11) is 3.98. The summed E-state index contributed by atoms with van der Waals surface area (Å²) in [4.78, 5) is 19.4. The number of likely N-dealkylation sites (tertiary alicyclic amines) is 2. The van der Waals surface area contributed by atoms with Gasteiger partial charge < -0.3 is 15.1 Å². The van der Waals surface area contributed by atoms with Crippen LogP contribution in [0.15, 0.2) is 36.4 Å². The number of alkyl halides is 3. The number of carbonyl (C=O) groups excluding carboxylic acids is 1. The van der Waals surface area contributed by atoms with Crippen LogP contribution in [0.2, 0.25) is 10.0 Å². The molecule has 226 valence electrons. The Balaban J connectivity index is 1.38. The molecule has 0 aliphatic carbocycles. The highest BCUT2D eigenvalue weighted by Crippen LogP contribution is 2.36. The van der Waals surface area contributed by atoms with E-state index < -0.39 is 17.6 Å². The maximum Gasteiger partial charge on any atom is 0.419 e. The van der Waals surface area contributed by atoms with Crippen LogP contribution in [0.1, 0.15) is 54.7 Å². The predicted molar refractivity (Wildman–Crippen MR) is 155 cm³/mol. The molecule has 0 saturated carbocycles. The van der Waals surface area contributed by atoms with Gasteiger partial charge in [0.2, 0.25) is 5.91 Å². The fourth-order valence-corrected chi connectivity index (χ4v) is 6.18. The smallest absolute Gasteiger partial charge is 0.340 e. The summed E-state index contributed by atoms with van der Waals surface area (Å²) in [5.41, 5.74) is 0.0667. The van der Waals surface area contributed by atoms with Gasteiger partial charge in [-0.1, -0.05) is 35.3 Å². The van der Waals surface area contributed by atoms with Crippen LogP contribution in [0.4, 0.5) is 17.6 Å². The Labute approximate surface area is 249 Å². The Kier molecular flexibility index (Phi) is 11.0. The molecule has 11 heteroatoms. The Morgan fingerprint density at radius 1 is 1.05 bits per heavy atom. The van der Waals surface area contributed by atoms with Crippen molar-refractivity contribution < 1.29 is 22.4 Å². The van der Waals surface area contributed by atoms with E-state index in [1.165, 1.54) is 6.07 Å². The highest BCUT2D eigenvalue weighted by Gasteiger charge is 2.39. The molecule has 2 saturated heterocycles. The minimum Gasteiger partial charge on any atom is -0.340 e. The summed E-state index contributed by atoms with van der Waals surface area (Å²) in [5, 5.41) is 4.46. The second kappa shape index (κ2) is 14.0. The first-order valence-corrected chi connectivity index (χ1v) is 14.9. The number of carbonyl (C=O) groups is 1. The maximum atomic E-state index is 14.2. The molecule has 4 rings (SSSR count). The lowest BCUT2D eigenvalue weighted by molar-refractivity contribution is -0.140. The van der Waals surface area contributed by atoms with Crippen LogP contribution in [0.25, 0.3) is 0 Å². The molecule has 0 spiro atoms. The number of likely N-dealkylation sites (N-methyl/N-ethyl adjacent to an activating group) is 1. The fourth-order valence-electron chi connectivity index (χ4n) is 5.88. The van der Waals surface area contributed by atoms with Gasteiger partial charge in [-0.2, -0.15) is 13.2 Å². The molecule has 1 N–H and O–H groups in total. The van der Waals surface area contributed by atoms with E-state index in [4.69, 9.17) is 23.2 Å². The van der Waals surface area contributed by atoms with Gasteiger partial charge in [-0.3, -0.25) is 9.69 Å². The summed E-state index contributed by atoms with van der Waals surface area (Å²) in [6.07, 6.45) is -0.296. The van der Waals surface area contributed by atoms with Crippen molar-refractivity contribution >= 4 is 29.1 Å². The van der Waals surface area contributed by atoms with E-state index in [0.29, 0.717) is 41.2 Å². The van der Waals surface area contributed by atoms with Crippen molar-refractivity contribution in [2.75, 3.05) is 46.8 Å². The Morgan fingerprint density at radius 2 is 1.78 bits per heavy atom. The summed E-state index contributed by atoms with van der Waals surface area (Å²) < 4.78 is 53.3. The largest absolute Gasteiger partial charge is 0.419 e. The molecule has 0 radical (unpaired) electrons. The molecular weight excluding hydrogens is 579 g/mol. The summed E-state index contributed by atoms with van der Waals surface area (Å²) in [6, 6.07) is 8.83. The van der Waals surface area contributed by atoms with Gasteiger partial charge in [0.15, 0.2) is 0 Å². The number of piperidine rings is 1. The van der Waals surface area contributed by atoms with Gasteiger partial charge in [0, 0.05) is 44.1 Å². The van der Waals surface area contributed by atoms with E-state index in [1.54, 1.807) is 12.1 Å². The molecule has 5 nitrogen and oxygen atoms in total. The molecule has 0 bridgehead atoms. The third-order valence-electron chi connectivity index (χ3n) is 8.32.